The lowest BCUT2D eigenvalue weighted by molar-refractivity contribution is -0.144. The highest BCUT2D eigenvalue weighted by atomic mass is 16.4. The first kappa shape index (κ1) is 11.2. The van der Waals surface area contributed by atoms with E-state index in [4.69, 9.17) is 5.11 Å². The van der Waals surface area contributed by atoms with Crippen molar-refractivity contribution in [1.82, 2.24) is 5.32 Å². The molecule has 0 saturated carbocycles. The minimum absolute atomic E-state index is 0.583. The third-order valence-electron chi connectivity index (χ3n) is 2.02. The average Bonchev–Trinajstić information content (AvgIpc) is 2.04. The quantitative estimate of drug-likeness (QED) is 0.615. The summed E-state index contributed by atoms with van der Waals surface area (Å²) >= 11 is 0. The molecule has 0 aromatic heterocycles. The number of carbonyl (C=O) groups is 1. The lowest BCUT2D eigenvalue weighted by Gasteiger charge is -2.23. The molecule has 0 rings (SSSR count). The van der Waals surface area contributed by atoms with Crippen LogP contribution in [0.2, 0.25) is 0 Å². The molecule has 1 atom stereocenters. The summed E-state index contributed by atoms with van der Waals surface area (Å²) in [6.45, 7) is 6.06. The molecular weight excluding hydrogens is 154 g/mol. The fourth-order valence-corrected chi connectivity index (χ4v) is 0.754. The Hall–Kier alpha value is -0.830. The molecule has 0 aliphatic rings. The first-order chi connectivity index (χ1) is 5.56. The third-order valence-corrected chi connectivity index (χ3v) is 2.02. The summed E-state index contributed by atoms with van der Waals surface area (Å²) in [4.78, 5) is 10.8. The molecule has 0 fully saturated rings. The Morgan fingerprint density at radius 2 is 2.25 bits per heavy atom. The van der Waals surface area contributed by atoms with E-state index in [1.165, 1.54) is 0 Å². The Bertz CT molecular complexity index is 177. The summed E-state index contributed by atoms with van der Waals surface area (Å²) < 4.78 is 0. The van der Waals surface area contributed by atoms with Gasteiger partial charge in [0.05, 0.1) is 0 Å². The van der Waals surface area contributed by atoms with Crippen LogP contribution in [0.15, 0.2) is 12.2 Å². The molecule has 0 aromatic carbocycles. The summed E-state index contributed by atoms with van der Waals surface area (Å²) in [7, 11) is 0. The fourth-order valence-electron chi connectivity index (χ4n) is 0.754. The Morgan fingerprint density at radius 3 is 2.58 bits per heavy atom. The molecule has 3 nitrogen and oxygen atoms in total. The molecule has 70 valence electrons. The van der Waals surface area contributed by atoms with Crippen molar-refractivity contribution in [2.75, 3.05) is 6.54 Å². The second kappa shape index (κ2) is 4.93. The number of hydrogen-bond donors (Lipinski definition) is 2. The largest absolute Gasteiger partial charge is 0.480 e. The zero-order valence-corrected chi connectivity index (χ0v) is 7.92. The molecule has 0 heterocycles. The van der Waals surface area contributed by atoms with Crippen molar-refractivity contribution in [1.29, 1.82) is 0 Å². The van der Waals surface area contributed by atoms with Crippen molar-refractivity contribution >= 4 is 5.97 Å². The zero-order chi connectivity index (χ0) is 9.61. The van der Waals surface area contributed by atoms with Gasteiger partial charge in [-0.15, -0.1) is 0 Å². The molecular formula is C9H17NO2. The van der Waals surface area contributed by atoms with E-state index < -0.39 is 11.5 Å². The van der Waals surface area contributed by atoms with E-state index in [1.54, 1.807) is 6.92 Å². The van der Waals surface area contributed by atoms with Crippen LogP contribution in [-0.2, 0) is 4.79 Å². The summed E-state index contributed by atoms with van der Waals surface area (Å²) in [5.74, 6) is -0.797. The Kier molecular flexibility index (Phi) is 4.59. The van der Waals surface area contributed by atoms with E-state index in [0.29, 0.717) is 13.0 Å². The lowest BCUT2D eigenvalue weighted by Crippen LogP contribution is -2.48. The van der Waals surface area contributed by atoms with E-state index in [0.717, 1.165) is 0 Å². The molecule has 0 aliphatic carbocycles. The molecule has 3 heteroatoms. The van der Waals surface area contributed by atoms with Crippen LogP contribution in [0.4, 0.5) is 0 Å². The van der Waals surface area contributed by atoms with Crippen LogP contribution < -0.4 is 5.32 Å². The highest BCUT2D eigenvalue weighted by Crippen LogP contribution is 2.08. The van der Waals surface area contributed by atoms with E-state index in [9.17, 15) is 4.79 Å². The fraction of sp³-hybridized carbons (Fsp3) is 0.667. The van der Waals surface area contributed by atoms with Crippen molar-refractivity contribution in [3.63, 3.8) is 0 Å². The van der Waals surface area contributed by atoms with Gasteiger partial charge in [-0.3, -0.25) is 10.1 Å². The van der Waals surface area contributed by atoms with Crippen LogP contribution in [0, 0.1) is 0 Å². The van der Waals surface area contributed by atoms with Crippen LogP contribution in [0.25, 0.3) is 0 Å². The van der Waals surface area contributed by atoms with Crippen LogP contribution >= 0.6 is 0 Å². The highest BCUT2D eigenvalue weighted by Gasteiger charge is 2.29. The number of nitrogens with one attached hydrogen (secondary N) is 1. The number of hydrogen-bond acceptors (Lipinski definition) is 2. The topological polar surface area (TPSA) is 49.3 Å². The van der Waals surface area contributed by atoms with Gasteiger partial charge < -0.3 is 5.11 Å². The van der Waals surface area contributed by atoms with Gasteiger partial charge in [0.25, 0.3) is 0 Å². The Labute approximate surface area is 73.5 Å². The highest BCUT2D eigenvalue weighted by molar-refractivity contribution is 5.78. The van der Waals surface area contributed by atoms with Crippen molar-refractivity contribution < 1.29 is 9.90 Å². The molecule has 0 bridgehead atoms. The minimum Gasteiger partial charge on any atom is -0.480 e. The summed E-state index contributed by atoms with van der Waals surface area (Å²) in [5, 5.41) is 11.8. The van der Waals surface area contributed by atoms with Crippen molar-refractivity contribution in [3.8, 4) is 0 Å². The second-order valence-corrected chi connectivity index (χ2v) is 2.94. The van der Waals surface area contributed by atoms with Crippen molar-refractivity contribution in [2.45, 2.75) is 32.7 Å². The van der Waals surface area contributed by atoms with E-state index in [-0.39, 0.29) is 0 Å². The smallest absolute Gasteiger partial charge is 0.323 e. The van der Waals surface area contributed by atoms with Gasteiger partial charge in [0.15, 0.2) is 0 Å². The number of carboxylic acids is 1. The zero-order valence-electron chi connectivity index (χ0n) is 7.92. The van der Waals surface area contributed by atoms with E-state index in [1.807, 2.05) is 26.0 Å². The lowest BCUT2D eigenvalue weighted by atomic mass is 9.99. The van der Waals surface area contributed by atoms with Gasteiger partial charge in [-0.1, -0.05) is 19.1 Å². The Balaban J connectivity index is 4.05. The first-order valence-electron chi connectivity index (χ1n) is 4.16. The van der Waals surface area contributed by atoms with E-state index in [2.05, 4.69) is 5.32 Å². The first-order valence-corrected chi connectivity index (χ1v) is 4.16. The molecule has 12 heavy (non-hydrogen) atoms. The van der Waals surface area contributed by atoms with Crippen LogP contribution in [0.5, 0.6) is 0 Å². The van der Waals surface area contributed by atoms with E-state index >= 15 is 0 Å². The normalized spacial score (nSPS) is 16.2. The molecule has 0 saturated heterocycles. The molecule has 2 N–H and O–H groups in total. The van der Waals surface area contributed by atoms with Crippen LogP contribution in [0.1, 0.15) is 27.2 Å². The van der Waals surface area contributed by atoms with Gasteiger partial charge in [0.2, 0.25) is 0 Å². The van der Waals surface area contributed by atoms with Crippen LogP contribution in [0.3, 0.4) is 0 Å². The molecule has 0 aromatic rings. The maximum Gasteiger partial charge on any atom is 0.323 e. The monoisotopic (exact) mass is 171 g/mol. The van der Waals surface area contributed by atoms with Crippen molar-refractivity contribution in [3.05, 3.63) is 12.2 Å². The molecule has 0 radical (unpaired) electrons. The standard InChI is InChI=1S/C9H17NO2/c1-4-6-7-10-9(3,5-2)8(11)12/h4,6,10H,5,7H2,1-3H3,(H,11,12). The number of aliphatic carboxylic acids is 1. The van der Waals surface area contributed by atoms with Gasteiger partial charge in [-0.05, 0) is 20.3 Å². The molecule has 0 spiro atoms. The Morgan fingerprint density at radius 1 is 1.67 bits per heavy atom. The SMILES string of the molecule is CC=CCNC(C)(CC)C(=O)O. The minimum atomic E-state index is -0.797. The van der Waals surface area contributed by atoms with Gasteiger partial charge >= 0.3 is 5.97 Å². The number of allylic oxidation sites excluding steroid dienone is 1. The third kappa shape index (κ3) is 3.05. The van der Waals surface area contributed by atoms with Gasteiger partial charge in [-0.2, -0.15) is 0 Å². The van der Waals surface area contributed by atoms with Gasteiger partial charge in [-0.25, -0.2) is 0 Å². The predicted molar refractivity (Wildman–Crippen MR) is 49.1 cm³/mol. The molecule has 0 aliphatic heterocycles. The molecule has 0 amide bonds. The maximum atomic E-state index is 10.8. The summed E-state index contributed by atoms with van der Waals surface area (Å²) in [6.07, 6.45) is 4.38. The summed E-state index contributed by atoms with van der Waals surface area (Å²) in [6, 6.07) is 0. The van der Waals surface area contributed by atoms with Crippen LogP contribution in [-0.4, -0.2) is 23.2 Å². The number of rotatable bonds is 5. The number of carboxylic acid groups (broad SMARTS) is 1. The predicted octanol–water partition coefficient (Wildman–Crippen LogP) is 1.41. The van der Waals surface area contributed by atoms with Gasteiger partial charge in [0, 0.05) is 6.54 Å². The maximum absolute atomic E-state index is 10.8. The molecule has 1 unspecified atom stereocenters. The summed E-state index contributed by atoms with van der Waals surface area (Å²) in [5.41, 5.74) is -0.792. The van der Waals surface area contributed by atoms with Gasteiger partial charge in [0.1, 0.15) is 5.54 Å². The average molecular weight is 171 g/mol. The second-order valence-electron chi connectivity index (χ2n) is 2.94. The van der Waals surface area contributed by atoms with Crippen molar-refractivity contribution in [2.24, 2.45) is 0 Å².